The SMILES string of the molecule is Cc1c([N+](=O)[O-])ccc(O)c1Cc1ccc(C2CCCC2)c(C(F)(F)F)c1. The summed E-state index contributed by atoms with van der Waals surface area (Å²) < 4.78 is 40.8. The predicted molar refractivity (Wildman–Crippen MR) is 95.0 cm³/mol. The maximum atomic E-state index is 13.6. The van der Waals surface area contributed by atoms with Gasteiger partial charge in [0.15, 0.2) is 0 Å². The molecule has 1 aliphatic rings. The third-order valence-electron chi connectivity index (χ3n) is 5.34. The van der Waals surface area contributed by atoms with Crippen LogP contribution in [0.2, 0.25) is 0 Å². The highest BCUT2D eigenvalue weighted by atomic mass is 19.4. The van der Waals surface area contributed by atoms with Crippen molar-refractivity contribution in [2.75, 3.05) is 0 Å². The second-order valence-corrected chi connectivity index (χ2v) is 7.04. The summed E-state index contributed by atoms with van der Waals surface area (Å²) >= 11 is 0. The third-order valence-corrected chi connectivity index (χ3v) is 5.34. The number of nitrogens with zero attached hydrogens (tertiary/aromatic N) is 1. The summed E-state index contributed by atoms with van der Waals surface area (Å²) in [4.78, 5) is 10.5. The van der Waals surface area contributed by atoms with Crippen molar-refractivity contribution >= 4 is 5.69 Å². The zero-order valence-corrected chi connectivity index (χ0v) is 14.8. The smallest absolute Gasteiger partial charge is 0.416 e. The van der Waals surface area contributed by atoms with Gasteiger partial charge in [-0.1, -0.05) is 25.0 Å². The number of alkyl halides is 3. The molecule has 1 N–H and O–H groups in total. The second-order valence-electron chi connectivity index (χ2n) is 7.04. The first-order valence-electron chi connectivity index (χ1n) is 8.84. The fourth-order valence-corrected chi connectivity index (χ4v) is 3.91. The zero-order chi connectivity index (χ0) is 19.8. The maximum Gasteiger partial charge on any atom is 0.416 e. The van der Waals surface area contributed by atoms with E-state index in [-0.39, 0.29) is 34.9 Å². The van der Waals surface area contributed by atoms with Gasteiger partial charge < -0.3 is 5.11 Å². The van der Waals surface area contributed by atoms with Crippen molar-refractivity contribution in [3.63, 3.8) is 0 Å². The molecule has 144 valence electrons. The van der Waals surface area contributed by atoms with Crippen LogP contribution in [0, 0.1) is 17.0 Å². The standard InChI is InChI=1S/C20H20F3NO3/c1-12-16(19(25)9-8-18(12)24(26)27)10-13-6-7-15(14-4-2-3-5-14)17(11-13)20(21,22)23/h6-9,11,14,25H,2-5,10H2,1H3. The Balaban J connectivity index is 2.01. The van der Waals surface area contributed by atoms with Crippen LogP contribution >= 0.6 is 0 Å². The van der Waals surface area contributed by atoms with E-state index in [2.05, 4.69) is 0 Å². The molecule has 1 fully saturated rings. The number of phenols is 1. The minimum absolute atomic E-state index is 0.00657. The molecule has 0 heterocycles. The Morgan fingerprint density at radius 2 is 1.85 bits per heavy atom. The molecule has 1 saturated carbocycles. The van der Waals surface area contributed by atoms with Crippen LogP contribution in [-0.4, -0.2) is 10.0 Å². The van der Waals surface area contributed by atoms with Crippen molar-refractivity contribution in [2.45, 2.75) is 51.1 Å². The van der Waals surface area contributed by atoms with Gasteiger partial charge in [0.25, 0.3) is 5.69 Å². The third kappa shape index (κ3) is 3.91. The van der Waals surface area contributed by atoms with E-state index in [1.165, 1.54) is 25.1 Å². The number of nitro groups is 1. The molecule has 3 rings (SSSR count). The van der Waals surface area contributed by atoms with E-state index in [4.69, 9.17) is 0 Å². The quantitative estimate of drug-likeness (QED) is 0.533. The van der Waals surface area contributed by atoms with Crippen LogP contribution in [0.3, 0.4) is 0 Å². The van der Waals surface area contributed by atoms with Crippen molar-refractivity contribution in [1.29, 1.82) is 0 Å². The molecule has 0 bridgehead atoms. The molecule has 1 aliphatic carbocycles. The summed E-state index contributed by atoms with van der Waals surface area (Å²) in [6, 6.07) is 6.67. The Morgan fingerprint density at radius 3 is 2.44 bits per heavy atom. The number of halogens is 3. The molecule has 0 spiro atoms. The van der Waals surface area contributed by atoms with Crippen LogP contribution in [0.15, 0.2) is 30.3 Å². The highest BCUT2D eigenvalue weighted by molar-refractivity contribution is 5.53. The van der Waals surface area contributed by atoms with Gasteiger partial charge in [-0.05, 0) is 48.9 Å². The van der Waals surface area contributed by atoms with E-state index in [0.717, 1.165) is 31.7 Å². The molecule has 2 aromatic carbocycles. The summed E-state index contributed by atoms with van der Waals surface area (Å²) in [6.07, 6.45) is -1.09. The molecule has 0 amide bonds. The van der Waals surface area contributed by atoms with Gasteiger partial charge in [-0.2, -0.15) is 13.2 Å². The van der Waals surface area contributed by atoms with Crippen LogP contribution < -0.4 is 0 Å². The first-order valence-corrected chi connectivity index (χ1v) is 8.84. The van der Waals surface area contributed by atoms with Gasteiger partial charge >= 0.3 is 6.18 Å². The lowest BCUT2D eigenvalue weighted by Gasteiger charge is -2.19. The summed E-state index contributed by atoms with van der Waals surface area (Å²) in [5.41, 5.74) is 0.405. The lowest BCUT2D eigenvalue weighted by Crippen LogP contribution is -2.12. The summed E-state index contributed by atoms with van der Waals surface area (Å²) in [5, 5.41) is 21.2. The fourth-order valence-electron chi connectivity index (χ4n) is 3.91. The van der Waals surface area contributed by atoms with E-state index in [9.17, 15) is 28.4 Å². The molecule has 0 aromatic heterocycles. The number of rotatable bonds is 4. The van der Waals surface area contributed by atoms with Crippen molar-refractivity contribution in [3.05, 3.63) is 68.3 Å². The molecular formula is C20H20F3NO3. The first-order chi connectivity index (χ1) is 12.7. The van der Waals surface area contributed by atoms with Gasteiger partial charge in [0.1, 0.15) is 5.75 Å². The Labute approximate surface area is 154 Å². The maximum absolute atomic E-state index is 13.6. The topological polar surface area (TPSA) is 63.4 Å². The molecule has 0 saturated heterocycles. The van der Waals surface area contributed by atoms with Crippen LogP contribution in [0.5, 0.6) is 5.75 Å². The number of phenolic OH excluding ortho intramolecular Hbond substituents is 1. The average molecular weight is 379 g/mol. The van der Waals surface area contributed by atoms with Gasteiger partial charge in [-0.25, -0.2) is 0 Å². The highest BCUT2D eigenvalue weighted by Gasteiger charge is 2.36. The van der Waals surface area contributed by atoms with E-state index in [0.29, 0.717) is 11.1 Å². The van der Waals surface area contributed by atoms with Gasteiger partial charge in [-0.3, -0.25) is 10.1 Å². The molecule has 2 aromatic rings. The summed E-state index contributed by atoms with van der Waals surface area (Å²) in [7, 11) is 0. The van der Waals surface area contributed by atoms with Crippen molar-refractivity contribution < 1.29 is 23.2 Å². The molecular weight excluding hydrogens is 359 g/mol. The van der Waals surface area contributed by atoms with E-state index in [1.807, 2.05) is 0 Å². The Morgan fingerprint density at radius 1 is 1.19 bits per heavy atom. The minimum Gasteiger partial charge on any atom is -0.508 e. The van der Waals surface area contributed by atoms with Crippen LogP contribution in [0.25, 0.3) is 0 Å². The van der Waals surface area contributed by atoms with Gasteiger partial charge in [0, 0.05) is 23.6 Å². The monoisotopic (exact) mass is 379 g/mol. The van der Waals surface area contributed by atoms with Crippen molar-refractivity contribution in [2.24, 2.45) is 0 Å². The fraction of sp³-hybridized carbons (Fsp3) is 0.400. The number of benzene rings is 2. The van der Waals surface area contributed by atoms with E-state index in [1.54, 1.807) is 6.07 Å². The summed E-state index contributed by atoms with van der Waals surface area (Å²) in [5.74, 6) is -0.241. The highest BCUT2D eigenvalue weighted by Crippen LogP contribution is 2.42. The van der Waals surface area contributed by atoms with Gasteiger partial charge in [0.2, 0.25) is 0 Å². The molecule has 0 radical (unpaired) electrons. The zero-order valence-electron chi connectivity index (χ0n) is 14.8. The van der Waals surface area contributed by atoms with Crippen molar-refractivity contribution in [1.82, 2.24) is 0 Å². The Kier molecular flexibility index (Phi) is 5.13. The minimum atomic E-state index is -4.46. The Bertz CT molecular complexity index is 872. The number of hydrogen-bond acceptors (Lipinski definition) is 3. The van der Waals surface area contributed by atoms with E-state index < -0.39 is 16.7 Å². The summed E-state index contributed by atoms with van der Waals surface area (Å²) in [6.45, 7) is 1.49. The molecule has 0 aliphatic heterocycles. The van der Waals surface area contributed by atoms with Crippen LogP contribution in [0.4, 0.5) is 18.9 Å². The van der Waals surface area contributed by atoms with Crippen LogP contribution in [-0.2, 0) is 12.6 Å². The lowest BCUT2D eigenvalue weighted by molar-refractivity contribution is -0.385. The van der Waals surface area contributed by atoms with Crippen LogP contribution in [0.1, 0.15) is 59.4 Å². The molecule has 7 heteroatoms. The lowest BCUT2D eigenvalue weighted by atomic mass is 9.89. The first kappa shape index (κ1) is 19.2. The molecule has 4 nitrogen and oxygen atoms in total. The van der Waals surface area contributed by atoms with Crippen molar-refractivity contribution in [3.8, 4) is 5.75 Å². The average Bonchev–Trinajstić information content (AvgIpc) is 3.11. The van der Waals surface area contributed by atoms with Gasteiger partial charge in [0.05, 0.1) is 10.5 Å². The molecule has 27 heavy (non-hydrogen) atoms. The van der Waals surface area contributed by atoms with E-state index >= 15 is 0 Å². The largest absolute Gasteiger partial charge is 0.508 e. The Hall–Kier alpha value is -2.57. The van der Waals surface area contributed by atoms with Gasteiger partial charge in [-0.15, -0.1) is 0 Å². The molecule has 0 unspecified atom stereocenters. The number of nitro benzene ring substituents is 1. The normalized spacial score (nSPS) is 15.3. The number of hydrogen-bond donors (Lipinski definition) is 1. The second kappa shape index (κ2) is 7.21. The number of aromatic hydroxyl groups is 1. The molecule has 0 atom stereocenters. The predicted octanol–water partition coefficient (Wildman–Crippen LogP) is 5.88.